The first-order valence-electron chi connectivity index (χ1n) is 10.4. The zero-order valence-corrected chi connectivity index (χ0v) is 18.7. The third-order valence-corrected chi connectivity index (χ3v) is 6.20. The normalized spacial score (nSPS) is 11.6. The highest BCUT2D eigenvalue weighted by molar-refractivity contribution is 7.99. The maximum Gasteiger partial charge on any atom is 0.416 e. The number of anilines is 2. The molecule has 0 unspecified atom stereocenters. The average molecular weight is 478 g/mol. The van der Waals surface area contributed by atoms with Gasteiger partial charge < -0.3 is 10.1 Å². The molecule has 0 radical (unpaired) electrons. The van der Waals surface area contributed by atoms with Crippen LogP contribution in [0, 0.1) is 0 Å². The van der Waals surface area contributed by atoms with Crippen molar-refractivity contribution in [3.63, 3.8) is 0 Å². The predicted molar refractivity (Wildman–Crippen MR) is 129 cm³/mol. The molecule has 170 valence electrons. The summed E-state index contributed by atoms with van der Waals surface area (Å²) in [4.78, 5) is 10.5. The minimum Gasteiger partial charge on any atom is -0.497 e. The van der Waals surface area contributed by atoms with Crippen LogP contribution >= 0.6 is 11.8 Å². The molecule has 5 aromatic rings. The molecular weight excluding hydrogens is 459 g/mol. The number of methoxy groups -OCH3 is 1. The summed E-state index contributed by atoms with van der Waals surface area (Å²) in [5, 5.41) is 5.81. The lowest BCUT2D eigenvalue weighted by Gasteiger charge is -2.13. The summed E-state index contributed by atoms with van der Waals surface area (Å²) < 4.78 is 44.2. The number of ether oxygens (including phenoxy) is 1. The molecule has 0 fully saturated rings. The van der Waals surface area contributed by atoms with E-state index in [9.17, 15) is 13.2 Å². The second kappa shape index (κ2) is 8.87. The molecule has 0 spiro atoms. The van der Waals surface area contributed by atoms with Gasteiger partial charge >= 0.3 is 6.18 Å². The number of alkyl halides is 3. The van der Waals surface area contributed by atoms with Gasteiger partial charge in [-0.2, -0.15) is 13.2 Å². The Morgan fingerprint density at radius 2 is 1.47 bits per heavy atom. The molecule has 34 heavy (non-hydrogen) atoms. The third kappa shape index (κ3) is 4.63. The minimum absolute atomic E-state index is 0.454. The maximum absolute atomic E-state index is 13.0. The number of halogens is 3. The number of nitrogens with zero attached hydrogens (tertiary/aromatic N) is 2. The van der Waals surface area contributed by atoms with Gasteiger partial charge in [0, 0.05) is 10.6 Å². The van der Waals surface area contributed by atoms with E-state index in [4.69, 9.17) is 14.7 Å². The second-order valence-electron chi connectivity index (χ2n) is 7.55. The number of nitrogens with one attached hydrogen (secondary N) is 1. The van der Waals surface area contributed by atoms with Crippen molar-refractivity contribution in [2.75, 3.05) is 12.4 Å². The van der Waals surface area contributed by atoms with E-state index in [2.05, 4.69) is 5.32 Å². The van der Waals surface area contributed by atoms with Crippen molar-refractivity contribution in [2.24, 2.45) is 0 Å². The van der Waals surface area contributed by atoms with Gasteiger partial charge in [0.1, 0.15) is 10.8 Å². The zero-order chi connectivity index (χ0) is 23.7. The molecule has 0 aliphatic rings. The first-order chi connectivity index (χ1) is 16.4. The summed E-state index contributed by atoms with van der Waals surface area (Å²) in [5.74, 6) is 1.16. The van der Waals surface area contributed by atoms with E-state index < -0.39 is 11.7 Å². The van der Waals surface area contributed by atoms with Crippen LogP contribution in [-0.2, 0) is 6.18 Å². The zero-order valence-electron chi connectivity index (χ0n) is 17.9. The number of hydrogen-bond donors (Lipinski definition) is 1. The van der Waals surface area contributed by atoms with Gasteiger partial charge in [-0.1, -0.05) is 42.1 Å². The molecule has 1 N–H and O–H groups in total. The summed E-state index contributed by atoms with van der Waals surface area (Å²) in [6.07, 6.45) is -4.39. The van der Waals surface area contributed by atoms with E-state index in [-0.39, 0.29) is 0 Å². The maximum atomic E-state index is 13.0. The van der Waals surface area contributed by atoms with Gasteiger partial charge in [-0.3, -0.25) is 0 Å². The summed E-state index contributed by atoms with van der Waals surface area (Å²) in [7, 11) is 1.60. The topological polar surface area (TPSA) is 47.0 Å². The fourth-order valence-electron chi connectivity index (χ4n) is 3.53. The lowest BCUT2D eigenvalue weighted by Crippen LogP contribution is -2.05. The highest BCUT2D eigenvalue weighted by Crippen LogP contribution is 2.36. The second-order valence-corrected chi connectivity index (χ2v) is 8.61. The Hall–Kier alpha value is -3.78. The van der Waals surface area contributed by atoms with Crippen LogP contribution in [0.4, 0.5) is 24.7 Å². The molecule has 4 aromatic carbocycles. The average Bonchev–Trinajstić information content (AvgIpc) is 2.83. The highest BCUT2D eigenvalue weighted by atomic mass is 32.2. The van der Waals surface area contributed by atoms with Crippen molar-refractivity contribution in [3.8, 4) is 5.75 Å². The smallest absolute Gasteiger partial charge is 0.416 e. The number of benzene rings is 4. The molecule has 4 nitrogen and oxygen atoms in total. The summed E-state index contributed by atoms with van der Waals surface area (Å²) in [6, 6.07) is 24.3. The number of aromatic nitrogens is 2. The van der Waals surface area contributed by atoms with Gasteiger partial charge in [0.25, 0.3) is 0 Å². The van der Waals surface area contributed by atoms with Crippen molar-refractivity contribution in [2.45, 2.75) is 16.1 Å². The number of rotatable bonds is 5. The van der Waals surface area contributed by atoms with Crippen LogP contribution in [0.3, 0.4) is 0 Å². The molecular formula is C26H18F3N3OS. The van der Waals surface area contributed by atoms with Crippen molar-refractivity contribution in [1.29, 1.82) is 0 Å². The van der Waals surface area contributed by atoms with Crippen molar-refractivity contribution >= 4 is 45.1 Å². The first-order valence-corrected chi connectivity index (χ1v) is 11.2. The van der Waals surface area contributed by atoms with Crippen LogP contribution < -0.4 is 10.1 Å². The van der Waals surface area contributed by atoms with Gasteiger partial charge in [-0.25, -0.2) is 9.97 Å². The van der Waals surface area contributed by atoms with Crippen LogP contribution in [0.5, 0.6) is 5.75 Å². The Morgan fingerprint density at radius 3 is 2.12 bits per heavy atom. The molecule has 1 heterocycles. The van der Waals surface area contributed by atoms with E-state index >= 15 is 0 Å². The van der Waals surface area contributed by atoms with Crippen LogP contribution in [-0.4, -0.2) is 17.1 Å². The molecule has 0 atom stereocenters. The SMILES string of the molecule is COc1cccc(Sc2nc3cc4ccccc4cc3nc2Nc2ccc(C(F)(F)F)cc2)c1. The van der Waals surface area contributed by atoms with Crippen LogP contribution in [0.25, 0.3) is 21.8 Å². The van der Waals surface area contributed by atoms with Crippen LogP contribution in [0.1, 0.15) is 5.56 Å². The Bertz CT molecular complexity index is 1490. The standard InChI is InChI=1S/C26H18F3N3OS/c1-33-20-7-4-8-21(15-20)34-25-24(30-19-11-9-18(10-12-19)26(27,28)29)31-22-13-16-5-2-3-6-17(16)14-23(22)32-25/h2-15H,1H3,(H,30,31). The van der Waals surface area contributed by atoms with Gasteiger partial charge in [0.15, 0.2) is 5.82 Å². The van der Waals surface area contributed by atoms with Crippen LogP contribution in [0.2, 0.25) is 0 Å². The summed E-state index contributed by atoms with van der Waals surface area (Å²) in [5.41, 5.74) is 1.18. The fourth-order valence-corrected chi connectivity index (χ4v) is 4.42. The van der Waals surface area contributed by atoms with E-state index in [0.29, 0.717) is 27.8 Å². The Labute approximate surface area is 197 Å². The van der Waals surface area contributed by atoms with Gasteiger partial charge in [-0.15, -0.1) is 0 Å². The first kappa shape index (κ1) is 22.0. The van der Waals surface area contributed by atoms with E-state index in [1.165, 1.54) is 23.9 Å². The van der Waals surface area contributed by atoms with Crippen molar-refractivity contribution in [3.05, 3.63) is 90.5 Å². The van der Waals surface area contributed by atoms with Crippen LogP contribution in [0.15, 0.2) is 94.9 Å². The molecule has 8 heteroatoms. The van der Waals surface area contributed by atoms with Crippen molar-refractivity contribution < 1.29 is 17.9 Å². The molecule has 0 aliphatic heterocycles. The molecule has 0 saturated carbocycles. The van der Waals surface area contributed by atoms with Gasteiger partial charge in [0.2, 0.25) is 0 Å². The van der Waals surface area contributed by atoms with E-state index in [1.54, 1.807) is 7.11 Å². The fraction of sp³-hybridized carbons (Fsp3) is 0.0769. The van der Waals surface area contributed by atoms with Crippen molar-refractivity contribution in [1.82, 2.24) is 9.97 Å². The third-order valence-electron chi connectivity index (χ3n) is 5.23. The van der Waals surface area contributed by atoms with Gasteiger partial charge in [-0.05, 0) is 65.4 Å². The molecule has 0 bridgehead atoms. The molecule has 0 aliphatic carbocycles. The molecule has 1 aromatic heterocycles. The van der Waals surface area contributed by atoms with Gasteiger partial charge in [0.05, 0.1) is 23.7 Å². The highest BCUT2D eigenvalue weighted by Gasteiger charge is 2.30. The minimum atomic E-state index is -4.39. The number of fused-ring (bicyclic) bond motifs is 2. The Balaban J connectivity index is 1.59. The van der Waals surface area contributed by atoms with E-state index in [0.717, 1.165) is 33.3 Å². The quantitative estimate of drug-likeness (QED) is 0.263. The molecule has 5 rings (SSSR count). The molecule has 0 saturated heterocycles. The monoisotopic (exact) mass is 477 g/mol. The lowest BCUT2D eigenvalue weighted by atomic mass is 10.1. The Kier molecular flexibility index (Phi) is 5.75. The number of hydrogen-bond acceptors (Lipinski definition) is 5. The summed E-state index contributed by atoms with van der Waals surface area (Å²) >= 11 is 1.39. The predicted octanol–water partition coefficient (Wildman–Crippen LogP) is 7.71. The molecule has 0 amide bonds. The Morgan fingerprint density at radius 1 is 0.794 bits per heavy atom. The summed E-state index contributed by atoms with van der Waals surface area (Å²) in [6.45, 7) is 0. The lowest BCUT2D eigenvalue weighted by molar-refractivity contribution is -0.137. The largest absolute Gasteiger partial charge is 0.497 e. The van der Waals surface area contributed by atoms with E-state index in [1.807, 2.05) is 60.7 Å².